The van der Waals surface area contributed by atoms with Crippen LogP contribution in [0.1, 0.15) is 25.3 Å². The minimum Gasteiger partial charge on any atom is -0.340 e. The largest absolute Gasteiger partial charge is 0.416 e. The average Bonchev–Trinajstić information content (AvgIpc) is 2.86. The first kappa shape index (κ1) is 25.2. The molecule has 1 amide bonds. The molecule has 0 radical (unpaired) electrons. The summed E-state index contributed by atoms with van der Waals surface area (Å²) in [6.07, 6.45) is -3.58. The number of fused-ring (bicyclic) bond motifs is 1. The molecule has 0 N–H and O–H groups in total. The van der Waals surface area contributed by atoms with Gasteiger partial charge in [0.15, 0.2) is 5.16 Å². The zero-order valence-corrected chi connectivity index (χ0v) is 20.2. The first-order valence-electron chi connectivity index (χ1n) is 11.6. The number of benzene rings is 2. The molecule has 4 rings (SSSR count). The van der Waals surface area contributed by atoms with Crippen molar-refractivity contribution >= 4 is 28.6 Å². The average molecular weight is 505 g/mol. The van der Waals surface area contributed by atoms with Gasteiger partial charge in [0, 0.05) is 38.4 Å². The van der Waals surface area contributed by atoms with Gasteiger partial charge >= 0.3 is 6.18 Å². The molecule has 10 heteroatoms. The molecule has 1 aliphatic rings. The first-order valence-corrected chi connectivity index (χ1v) is 12.6. The van der Waals surface area contributed by atoms with Gasteiger partial charge in [-0.2, -0.15) is 13.2 Å². The Labute approximate surface area is 205 Å². The third-order valence-corrected chi connectivity index (χ3v) is 7.14. The Hall–Kier alpha value is -2.85. The van der Waals surface area contributed by atoms with Crippen LogP contribution >= 0.6 is 11.8 Å². The van der Waals surface area contributed by atoms with Gasteiger partial charge < -0.3 is 9.80 Å². The van der Waals surface area contributed by atoms with Crippen molar-refractivity contribution in [3.8, 4) is 5.69 Å². The number of alkyl halides is 3. The van der Waals surface area contributed by atoms with Crippen molar-refractivity contribution < 1.29 is 18.0 Å². The van der Waals surface area contributed by atoms with Crippen LogP contribution in [0.15, 0.2) is 58.5 Å². The molecule has 1 fully saturated rings. The van der Waals surface area contributed by atoms with Crippen LogP contribution < -0.4 is 5.56 Å². The number of piperazine rings is 1. The molecule has 2 heterocycles. The Kier molecular flexibility index (Phi) is 7.81. The molecule has 6 nitrogen and oxygen atoms in total. The molecular weight excluding hydrogens is 477 g/mol. The smallest absolute Gasteiger partial charge is 0.340 e. The third-order valence-electron chi connectivity index (χ3n) is 6.11. The molecule has 0 saturated carbocycles. The lowest BCUT2D eigenvalue weighted by molar-refractivity contribution is -0.137. The molecule has 0 unspecified atom stereocenters. The van der Waals surface area contributed by atoms with Crippen LogP contribution in [0.4, 0.5) is 13.2 Å². The Morgan fingerprint density at radius 3 is 2.51 bits per heavy atom. The lowest BCUT2D eigenvalue weighted by atomic mass is 10.2. The van der Waals surface area contributed by atoms with Crippen LogP contribution in [0, 0.1) is 0 Å². The molecule has 0 atom stereocenters. The molecule has 186 valence electrons. The summed E-state index contributed by atoms with van der Waals surface area (Å²) in [6.45, 7) is 6.28. The lowest BCUT2D eigenvalue weighted by Crippen LogP contribution is -2.48. The number of thioether (sulfide) groups is 1. The van der Waals surface area contributed by atoms with Crippen molar-refractivity contribution in [2.75, 3.05) is 38.5 Å². The number of hydrogen-bond donors (Lipinski definition) is 0. The predicted molar refractivity (Wildman–Crippen MR) is 131 cm³/mol. The SMILES string of the molecule is CCN1CCN(C(=O)CCCSc2nc3ccccc3c(=O)n2-c2cccc(C(F)(F)F)c2)CC1. The van der Waals surface area contributed by atoms with E-state index < -0.39 is 17.3 Å². The molecule has 0 aliphatic carbocycles. The van der Waals surface area contributed by atoms with Crippen LogP contribution in [-0.2, 0) is 11.0 Å². The molecule has 0 spiro atoms. The van der Waals surface area contributed by atoms with Crippen molar-refractivity contribution in [1.82, 2.24) is 19.4 Å². The third kappa shape index (κ3) is 5.87. The van der Waals surface area contributed by atoms with Crippen LogP contribution in [-0.4, -0.2) is 63.7 Å². The van der Waals surface area contributed by atoms with E-state index in [2.05, 4.69) is 16.8 Å². The van der Waals surface area contributed by atoms with E-state index in [1.165, 1.54) is 28.5 Å². The fourth-order valence-electron chi connectivity index (χ4n) is 4.12. The molecular formula is C25H27F3N4O2S. The second kappa shape index (κ2) is 10.8. The second-order valence-corrected chi connectivity index (χ2v) is 9.43. The number of hydrogen-bond acceptors (Lipinski definition) is 5. The monoisotopic (exact) mass is 504 g/mol. The number of carbonyl (C=O) groups is 1. The summed E-state index contributed by atoms with van der Waals surface area (Å²) < 4.78 is 41.2. The summed E-state index contributed by atoms with van der Waals surface area (Å²) in [7, 11) is 0. The van der Waals surface area contributed by atoms with Gasteiger partial charge in [0.05, 0.1) is 22.2 Å². The van der Waals surface area contributed by atoms with Crippen molar-refractivity contribution in [1.29, 1.82) is 0 Å². The van der Waals surface area contributed by atoms with Crippen molar-refractivity contribution in [3.05, 3.63) is 64.4 Å². The summed E-state index contributed by atoms with van der Waals surface area (Å²) in [5.74, 6) is 0.604. The van der Waals surface area contributed by atoms with E-state index in [0.717, 1.165) is 44.9 Å². The maximum absolute atomic E-state index is 13.3. The number of likely N-dealkylation sites (N-methyl/N-ethyl adjacent to an activating group) is 1. The van der Waals surface area contributed by atoms with Crippen LogP contribution in [0.5, 0.6) is 0 Å². The van der Waals surface area contributed by atoms with E-state index in [0.29, 0.717) is 34.7 Å². The Balaban J connectivity index is 1.53. The van der Waals surface area contributed by atoms with Crippen LogP contribution in [0.25, 0.3) is 16.6 Å². The van der Waals surface area contributed by atoms with E-state index in [4.69, 9.17) is 0 Å². The Morgan fingerprint density at radius 2 is 1.80 bits per heavy atom. The van der Waals surface area contributed by atoms with Gasteiger partial charge in [-0.1, -0.05) is 36.9 Å². The number of halogens is 3. The van der Waals surface area contributed by atoms with Gasteiger partial charge in [-0.15, -0.1) is 0 Å². The minimum absolute atomic E-state index is 0.100. The second-order valence-electron chi connectivity index (χ2n) is 8.37. The van der Waals surface area contributed by atoms with Gasteiger partial charge in [-0.05, 0) is 43.3 Å². The van der Waals surface area contributed by atoms with Crippen molar-refractivity contribution in [3.63, 3.8) is 0 Å². The molecule has 2 aromatic carbocycles. The molecule has 1 aliphatic heterocycles. The number of amides is 1. The number of carbonyl (C=O) groups excluding carboxylic acids is 1. The number of aromatic nitrogens is 2. The van der Waals surface area contributed by atoms with E-state index in [9.17, 15) is 22.8 Å². The molecule has 1 saturated heterocycles. The number of nitrogens with zero attached hydrogens (tertiary/aromatic N) is 4. The fourth-order valence-corrected chi connectivity index (χ4v) is 5.07. The zero-order chi connectivity index (χ0) is 25.0. The predicted octanol–water partition coefficient (Wildman–Crippen LogP) is 4.44. The maximum Gasteiger partial charge on any atom is 0.416 e. The Bertz CT molecular complexity index is 1250. The standard InChI is InChI=1S/C25H27F3N4O2S/c1-2-30-12-14-31(15-13-30)22(33)11-6-16-35-24-29-21-10-4-3-9-20(21)23(34)32(24)19-8-5-7-18(17-19)25(26,27)28/h3-5,7-10,17H,2,6,11-16H2,1H3. The highest BCUT2D eigenvalue weighted by Crippen LogP contribution is 2.31. The highest BCUT2D eigenvalue weighted by atomic mass is 32.2. The van der Waals surface area contributed by atoms with Crippen LogP contribution in [0.3, 0.4) is 0 Å². The zero-order valence-electron chi connectivity index (χ0n) is 19.4. The van der Waals surface area contributed by atoms with E-state index in [-0.39, 0.29) is 11.6 Å². The molecule has 35 heavy (non-hydrogen) atoms. The fraction of sp³-hybridized carbons (Fsp3) is 0.400. The van der Waals surface area contributed by atoms with Crippen molar-refractivity contribution in [2.45, 2.75) is 31.1 Å². The number of rotatable bonds is 7. The quantitative estimate of drug-likeness (QED) is 0.271. The van der Waals surface area contributed by atoms with E-state index in [1.807, 2.05) is 4.90 Å². The summed E-state index contributed by atoms with van der Waals surface area (Å²) in [5.41, 5.74) is -0.675. The molecule has 0 bridgehead atoms. The minimum atomic E-state index is -4.53. The molecule has 1 aromatic heterocycles. The maximum atomic E-state index is 13.3. The van der Waals surface area contributed by atoms with Gasteiger partial charge in [0.25, 0.3) is 5.56 Å². The lowest BCUT2D eigenvalue weighted by Gasteiger charge is -2.34. The highest BCUT2D eigenvalue weighted by Gasteiger charge is 2.31. The summed E-state index contributed by atoms with van der Waals surface area (Å²) in [4.78, 5) is 34.6. The highest BCUT2D eigenvalue weighted by molar-refractivity contribution is 7.99. The number of para-hydroxylation sites is 1. The van der Waals surface area contributed by atoms with Gasteiger partial charge in [0.1, 0.15) is 0 Å². The van der Waals surface area contributed by atoms with Crippen LogP contribution in [0.2, 0.25) is 0 Å². The summed E-state index contributed by atoms with van der Waals surface area (Å²) in [6, 6.07) is 11.5. The normalized spacial score (nSPS) is 15.0. The molecule has 3 aromatic rings. The Morgan fingerprint density at radius 1 is 1.06 bits per heavy atom. The van der Waals surface area contributed by atoms with Crippen molar-refractivity contribution in [2.24, 2.45) is 0 Å². The van der Waals surface area contributed by atoms with E-state index in [1.54, 1.807) is 24.3 Å². The van der Waals surface area contributed by atoms with Gasteiger partial charge in [-0.3, -0.25) is 14.2 Å². The topological polar surface area (TPSA) is 58.4 Å². The first-order chi connectivity index (χ1) is 16.8. The van der Waals surface area contributed by atoms with E-state index >= 15 is 0 Å². The summed E-state index contributed by atoms with van der Waals surface area (Å²) in [5, 5.41) is 0.632. The van der Waals surface area contributed by atoms with Gasteiger partial charge in [-0.25, -0.2) is 4.98 Å². The summed E-state index contributed by atoms with van der Waals surface area (Å²) >= 11 is 1.27. The van der Waals surface area contributed by atoms with Gasteiger partial charge in [0.2, 0.25) is 5.91 Å².